The molecule has 0 fully saturated rings. The molecule has 0 bridgehead atoms. The second kappa shape index (κ2) is 11.5. The molecule has 0 saturated carbocycles. The van der Waals surface area contributed by atoms with Crippen molar-refractivity contribution >= 4 is 17.6 Å². The molecule has 41 heavy (non-hydrogen) atoms. The molecule has 8 heteroatoms. The Hall–Kier alpha value is -3.29. The molecule has 3 aromatic rings. The van der Waals surface area contributed by atoms with E-state index in [1.54, 1.807) is 13.8 Å². The van der Waals surface area contributed by atoms with Gasteiger partial charge in [0.15, 0.2) is 0 Å². The molecule has 0 spiro atoms. The maximum absolute atomic E-state index is 15.5. The van der Waals surface area contributed by atoms with Gasteiger partial charge < -0.3 is 24.1 Å². The molecule has 218 valence electrons. The number of esters is 1. The van der Waals surface area contributed by atoms with Crippen molar-refractivity contribution in [1.82, 2.24) is 0 Å². The number of aliphatic hydroxyl groups is 1. The van der Waals surface area contributed by atoms with Crippen LogP contribution in [0.15, 0.2) is 36.4 Å². The fourth-order valence-corrected chi connectivity index (χ4v) is 6.17. The third-order valence-electron chi connectivity index (χ3n) is 7.88. The summed E-state index contributed by atoms with van der Waals surface area (Å²) in [5.41, 5.74) is 5.26. The van der Waals surface area contributed by atoms with E-state index in [9.17, 15) is 9.90 Å². The van der Waals surface area contributed by atoms with Crippen LogP contribution >= 0.6 is 11.6 Å². The second-order valence-electron chi connectivity index (χ2n) is 11.6. The van der Waals surface area contributed by atoms with E-state index < -0.39 is 11.7 Å². The Morgan fingerprint density at radius 1 is 1.12 bits per heavy atom. The SMILES string of the molecule is COC(=O)C[C@@H]1COc2cc(OC3CCc4c(-c5c(C)cc(OCCC(C)(C)O)cc5C)c(Cl)cc(F)c43)ccc21. The molecule has 1 aliphatic carbocycles. The highest BCUT2D eigenvalue weighted by atomic mass is 35.5. The second-order valence-corrected chi connectivity index (χ2v) is 12.0. The highest BCUT2D eigenvalue weighted by molar-refractivity contribution is 6.33. The monoisotopic (exact) mass is 582 g/mol. The largest absolute Gasteiger partial charge is 0.493 e. The first-order valence-corrected chi connectivity index (χ1v) is 14.3. The minimum absolute atomic E-state index is 0.0642. The molecule has 3 aromatic carbocycles. The summed E-state index contributed by atoms with van der Waals surface area (Å²) < 4.78 is 38.3. The molecule has 5 rings (SSSR count). The smallest absolute Gasteiger partial charge is 0.306 e. The van der Waals surface area contributed by atoms with Gasteiger partial charge in [-0.15, -0.1) is 0 Å². The number of methoxy groups -OCH3 is 1. The van der Waals surface area contributed by atoms with Crippen LogP contribution in [0.25, 0.3) is 11.1 Å². The minimum atomic E-state index is -0.801. The van der Waals surface area contributed by atoms with Gasteiger partial charge >= 0.3 is 5.97 Å². The first kappa shape index (κ1) is 29.2. The van der Waals surface area contributed by atoms with Crippen LogP contribution in [0, 0.1) is 19.7 Å². The van der Waals surface area contributed by atoms with Crippen molar-refractivity contribution in [2.75, 3.05) is 20.3 Å². The summed E-state index contributed by atoms with van der Waals surface area (Å²) >= 11 is 6.71. The fraction of sp³-hybridized carbons (Fsp3) is 0.424. The van der Waals surface area contributed by atoms with Crippen molar-refractivity contribution < 1.29 is 33.2 Å². The summed E-state index contributed by atoms with van der Waals surface area (Å²) in [4.78, 5) is 11.7. The highest BCUT2D eigenvalue weighted by Crippen LogP contribution is 2.47. The lowest BCUT2D eigenvalue weighted by Gasteiger charge is -2.21. The van der Waals surface area contributed by atoms with E-state index in [0.717, 1.165) is 39.1 Å². The van der Waals surface area contributed by atoms with Crippen molar-refractivity contribution in [2.45, 2.75) is 71.0 Å². The number of rotatable bonds is 9. The first-order chi connectivity index (χ1) is 19.4. The van der Waals surface area contributed by atoms with Crippen LogP contribution in [-0.2, 0) is 16.0 Å². The number of halogens is 2. The number of ether oxygens (including phenoxy) is 4. The average Bonchev–Trinajstić information content (AvgIpc) is 3.49. The molecule has 0 aromatic heterocycles. The summed E-state index contributed by atoms with van der Waals surface area (Å²) in [6.07, 6.45) is 1.52. The molecule has 0 saturated heterocycles. The molecule has 6 nitrogen and oxygen atoms in total. The number of benzene rings is 3. The van der Waals surface area contributed by atoms with E-state index in [0.29, 0.717) is 54.6 Å². The highest BCUT2D eigenvalue weighted by Gasteiger charge is 2.33. The van der Waals surface area contributed by atoms with Gasteiger partial charge in [-0.2, -0.15) is 0 Å². The lowest BCUT2D eigenvalue weighted by Crippen LogP contribution is -2.21. The number of carbonyl (C=O) groups excluding carboxylic acids is 1. The van der Waals surface area contributed by atoms with Crippen LogP contribution in [0.4, 0.5) is 4.39 Å². The van der Waals surface area contributed by atoms with E-state index in [2.05, 4.69) is 0 Å². The normalized spacial score (nSPS) is 17.6. The van der Waals surface area contributed by atoms with Crippen LogP contribution in [-0.4, -0.2) is 37.0 Å². The maximum Gasteiger partial charge on any atom is 0.306 e. The molecule has 2 atom stereocenters. The van der Waals surface area contributed by atoms with Crippen LogP contribution in [0.1, 0.15) is 72.9 Å². The fourth-order valence-electron chi connectivity index (χ4n) is 5.87. The van der Waals surface area contributed by atoms with E-state index in [1.165, 1.54) is 13.2 Å². The van der Waals surface area contributed by atoms with E-state index >= 15 is 4.39 Å². The van der Waals surface area contributed by atoms with Gasteiger partial charge in [0.1, 0.15) is 29.2 Å². The summed E-state index contributed by atoms with van der Waals surface area (Å²) in [6, 6.07) is 10.9. The number of carbonyl (C=O) groups is 1. The quantitative estimate of drug-likeness (QED) is 0.265. The Balaban J connectivity index is 1.41. The minimum Gasteiger partial charge on any atom is -0.493 e. The molecule has 0 radical (unpaired) electrons. The van der Waals surface area contributed by atoms with Gasteiger partial charge in [-0.05, 0) is 87.1 Å². The molecule has 1 unspecified atom stereocenters. The van der Waals surface area contributed by atoms with Gasteiger partial charge in [-0.25, -0.2) is 4.39 Å². The molecular weight excluding hydrogens is 547 g/mol. The van der Waals surface area contributed by atoms with Gasteiger partial charge in [0.05, 0.1) is 37.4 Å². The number of hydrogen-bond donors (Lipinski definition) is 1. The van der Waals surface area contributed by atoms with Crippen molar-refractivity contribution in [3.63, 3.8) is 0 Å². The van der Waals surface area contributed by atoms with Crippen molar-refractivity contribution in [3.8, 4) is 28.4 Å². The Morgan fingerprint density at radius 3 is 2.54 bits per heavy atom. The summed E-state index contributed by atoms with van der Waals surface area (Å²) in [5.74, 6) is 1.24. The van der Waals surface area contributed by atoms with Gasteiger partial charge in [0.2, 0.25) is 0 Å². The van der Waals surface area contributed by atoms with E-state index in [1.807, 2.05) is 44.2 Å². The Morgan fingerprint density at radius 2 is 1.85 bits per heavy atom. The first-order valence-electron chi connectivity index (χ1n) is 13.9. The van der Waals surface area contributed by atoms with Gasteiger partial charge in [-0.3, -0.25) is 4.79 Å². The standard InChI is InChI=1S/C33H36ClFO6/c1-18-12-22(39-11-10-33(3,4)37)13-19(2)30(18)31-24-8-9-27(32(24)26(35)16-25(31)34)41-21-6-7-23-20(14-29(36)38-5)17-40-28(23)15-21/h6-7,12-13,15-16,20,27,37H,8-11,14,17H2,1-5H3/t20-,27?/m1/s1. The third kappa shape index (κ3) is 6.16. The summed E-state index contributed by atoms with van der Waals surface area (Å²) in [5, 5.41) is 10.4. The molecule has 1 aliphatic heterocycles. The number of fused-ring (bicyclic) bond motifs is 2. The van der Waals surface area contributed by atoms with Crippen LogP contribution in [0.2, 0.25) is 5.02 Å². The molecular formula is C33H36ClFO6. The Bertz CT molecular complexity index is 1450. The zero-order valence-corrected chi connectivity index (χ0v) is 24.9. The number of aryl methyl sites for hydroxylation is 2. The zero-order valence-electron chi connectivity index (χ0n) is 24.1. The Kier molecular flexibility index (Phi) is 8.22. The van der Waals surface area contributed by atoms with Crippen LogP contribution < -0.4 is 14.2 Å². The van der Waals surface area contributed by atoms with E-state index in [-0.39, 0.29) is 24.1 Å². The van der Waals surface area contributed by atoms with Gasteiger partial charge in [0, 0.05) is 35.1 Å². The Labute approximate surface area is 245 Å². The topological polar surface area (TPSA) is 74.2 Å². The molecule has 1 heterocycles. The molecule has 2 aliphatic rings. The van der Waals surface area contributed by atoms with Crippen LogP contribution in [0.3, 0.4) is 0 Å². The van der Waals surface area contributed by atoms with Crippen molar-refractivity contribution in [3.05, 3.63) is 75.1 Å². The predicted octanol–water partition coefficient (Wildman–Crippen LogP) is 7.41. The van der Waals surface area contributed by atoms with Crippen molar-refractivity contribution in [2.24, 2.45) is 0 Å². The molecule has 1 N–H and O–H groups in total. The predicted molar refractivity (Wildman–Crippen MR) is 156 cm³/mol. The maximum atomic E-state index is 15.5. The summed E-state index contributed by atoms with van der Waals surface area (Å²) in [6.45, 7) is 8.30. The molecule has 0 amide bonds. The van der Waals surface area contributed by atoms with Crippen molar-refractivity contribution in [1.29, 1.82) is 0 Å². The lowest BCUT2D eigenvalue weighted by molar-refractivity contribution is -0.141. The lowest BCUT2D eigenvalue weighted by atomic mass is 9.90. The number of hydrogen-bond acceptors (Lipinski definition) is 6. The summed E-state index contributed by atoms with van der Waals surface area (Å²) in [7, 11) is 1.38. The third-order valence-corrected chi connectivity index (χ3v) is 8.18. The zero-order chi connectivity index (χ0) is 29.5. The average molecular weight is 583 g/mol. The van der Waals surface area contributed by atoms with Gasteiger partial charge in [0.25, 0.3) is 0 Å². The van der Waals surface area contributed by atoms with Gasteiger partial charge in [-0.1, -0.05) is 17.7 Å². The van der Waals surface area contributed by atoms with Crippen LogP contribution in [0.5, 0.6) is 17.2 Å². The van der Waals surface area contributed by atoms with E-state index in [4.69, 9.17) is 30.5 Å².